The van der Waals surface area contributed by atoms with Gasteiger partial charge in [-0.1, -0.05) is 12.1 Å². The number of nitro groups is 1. The summed E-state index contributed by atoms with van der Waals surface area (Å²) in [6.07, 6.45) is 0. The number of amides is 1. The number of aryl methyl sites for hydroxylation is 1. The van der Waals surface area contributed by atoms with E-state index >= 15 is 0 Å². The first kappa shape index (κ1) is 23.8. The molecular formula is C21H21N5O6S. The molecule has 3 aromatic rings. The molecular weight excluding hydrogens is 450 g/mol. The summed E-state index contributed by atoms with van der Waals surface area (Å²) >= 11 is 0. The van der Waals surface area contributed by atoms with Gasteiger partial charge < -0.3 is 5.32 Å². The van der Waals surface area contributed by atoms with Crippen molar-refractivity contribution in [2.45, 2.75) is 18.7 Å². The van der Waals surface area contributed by atoms with E-state index in [9.17, 15) is 28.1 Å². The van der Waals surface area contributed by atoms with Crippen molar-refractivity contribution in [3.63, 3.8) is 0 Å². The second-order valence-corrected chi connectivity index (χ2v) is 9.29. The molecule has 0 fully saturated rings. The number of nitro benzene ring substituents is 1. The van der Waals surface area contributed by atoms with Crippen molar-refractivity contribution in [2.24, 2.45) is 0 Å². The Bertz CT molecular complexity index is 1310. The first-order valence-corrected chi connectivity index (χ1v) is 11.1. The van der Waals surface area contributed by atoms with Crippen LogP contribution in [-0.4, -0.2) is 52.7 Å². The molecule has 1 N–H and O–H groups in total. The Balaban J connectivity index is 1.75. The number of hydrogen-bond acceptors (Lipinski definition) is 7. The third-order valence-electron chi connectivity index (χ3n) is 4.74. The monoisotopic (exact) mass is 471 g/mol. The van der Waals surface area contributed by atoms with Crippen molar-refractivity contribution in [2.75, 3.05) is 18.9 Å². The summed E-state index contributed by atoms with van der Waals surface area (Å²) < 4.78 is 27.8. The van der Waals surface area contributed by atoms with Gasteiger partial charge in [0.05, 0.1) is 27.7 Å². The van der Waals surface area contributed by atoms with E-state index in [0.29, 0.717) is 16.9 Å². The summed E-state index contributed by atoms with van der Waals surface area (Å²) in [7, 11) is -2.69. The lowest BCUT2D eigenvalue weighted by Gasteiger charge is -2.17. The molecule has 0 aliphatic carbocycles. The summed E-state index contributed by atoms with van der Waals surface area (Å²) in [6.45, 7) is 2.61. The van der Waals surface area contributed by atoms with E-state index in [2.05, 4.69) is 10.4 Å². The van der Waals surface area contributed by atoms with Gasteiger partial charge in [-0.3, -0.25) is 19.7 Å². The highest BCUT2D eigenvalue weighted by Gasteiger charge is 2.24. The van der Waals surface area contributed by atoms with Crippen LogP contribution in [0.5, 0.6) is 0 Å². The highest BCUT2D eigenvalue weighted by atomic mass is 32.2. The number of anilines is 1. The Kier molecular flexibility index (Phi) is 6.70. The van der Waals surface area contributed by atoms with Gasteiger partial charge in [-0.2, -0.15) is 9.40 Å². The number of nitrogens with zero attached hydrogens (tertiary/aromatic N) is 4. The summed E-state index contributed by atoms with van der Waals surface area (Å²) in [5.41, 5.74) is 1.35. The Morgan fingerprint density at radius 3 is 2.27 bits per heavy atom. The van der Waals surface area contributed by atoms with Crippen LogP contribution in [0.2, 0.25) is 0 Å². The topological polar surface area (TPSA) is 145 Å². The van der Waals surface area contributed by atoms with Crippen LogP contribution in [0.15, 0.2) is 59.5 Å². The predicted octanol–water partition coefficient (Wildman–Crippen LogP) is 2.55. The van der Waals surface area contributed by atoms with Crippen molar-refractivity contribution in [3.8, 4) is 5.69 Å². The van der Waals surface area contributed by atoms with Crippen LogP contribution in [0.25, 0.3) is 5.69 Å². The van der Waals surface area contributed by atoms with Gasteiger partial charge in [0, 0.05) is 30.8 Å². The third kappa shape index (κ3) is 5.30. The Morgan fingerprint density at radius 1 is 1.12 bits per heavy atom. The summed E-state index contributed by atoms with van der Waals surface area (Å²) in [4.78, 5) is 34.3. The molecule has 0 bridgehead atoms. The average Bonchev–Trinajstić information content (AvgIpc) is 3.13. The highest BCUT2D eigenvalue weighted by molar-refractivity contribution is 7.89. The number of hydrogen-bond donors (Lipinski definition) is 1. The maximum atomic E-state index is 12.8. The number of carbonyl (C=O) groups is 2. The van der Waals surface area contributed by atoms with E-state index in [4.69, 9.17) is 0 Å². The van der Waals surface area contributed by atoms with Crippen LogP contribution in [0.3, 0.4) is 0 Å². The molecule has 0 radical (unpaired) electrons. The fraction of sp³-hybridized carbons (Fsp3) is 0.190. The highest BCUT2D eigenvalue weighted by Crippen LogP contribution is 2.21. The number of rotatable bonds is 8. The molecule has 0 unspecified atom stereocenters. The molecule has 3 rings (SSSR count). The van der Waals surface area contributed by atoms with Gasteiger partial charge >= 0.3 is 0 Å². The zero-order valence-electron chi connectivity index (χ0n) is 18.0. The Hall–Kier alpha value is -3.90. The van der Waals surface area contributed by atoms with Gasteiger partial charge in [-0.05, 0) is 38.1 Å². The van der Waals surface area contributed by atoms with Crippen LogP contribution in [0.4, 0.5) is 11.5 Å². The Labute approximate surface area is 189 Å². The smallest absolute Gasteiger partial charge is 0.269 e. The molecule has 0 saturated heterocycles. The summed E-state index contributed by atoms with van der Waals surface area (Å²) in [5, 5.41) is 17.8. The fourth-order valence-electron chi connectivity index (χ4n) is 3.01. The van der Waals surface area contributed by atoms with Crippen molar-refractivity contribution in [1.29, 1.82) is 0 Å². The molecule has 2 aromatic carbocycles. The molecule has 0 saturated carbocycles. The van der Waals surface area contributed by atoms with Gasteiger partial charge in [-0.25, -0.2) is 13.1 Å². The molecule has 1 heterocycles. The maximum absolute atomic E-state index is 12.8. The summed E-state index contributed by atoms with van der Waals surface area (Å²) in [6, 6.07) is 12.6. The van der Waals surface area contributed by atoms with Gasteiger partial charge in [0.2, 0.25) is 15.9 Å². The largest absolute Gasteiger partial charge is 0.309 e. The second kappa shape index (κ2) is 9.30. The minimum Gasteiger partial charge on any atom is -0.309 e. The first-order chi connectivity index (χ1) is 15.5. The van der Waals surface area contributed by atoms with E-state index in [1.54, 1.807) is 13.0 Å². The summed E-state index contributed by atoms with van der Waals surface area (Å²) in [5.74, 6) is -0.515. The van der Waals surface area contributed by atoms with Crippen LogP contribution < -0.4 is 5.32 Å². The molecule has 0 aliphatic rings. The Morgan fingerprint density at radius 2 is 1.73 bits per heavy atom. The molecule has 12 heteroatoms. The molecule has 33 heavy (non-hydrogen) atoms. The van der Waals surface area contributed by atoms with Gasteiger partial charge in [0.25, 0.3) is 5.69 Å². The molecule has 1 aromatic heterocycles. The van der Waals surface area contributed by atoms with E-state index in [1.807, 2.05) is 0 Å². The van der Waals surface area contributed by atoms with Crippen molar-refractivity contribution in [3.05, 3.63) is 76.0 Å². The quantitative estimate of drug-likeness (QED) is 0.302. The minimum atomic E-state index is -3.96. The zero-order chi connectivity index (χ0) is 24.3. The maximum Gasteiger partial charge on any atom is 0.269 e. The number of nitrogens with one attached hydrogen (secondary N) is 1. The van der Waals surface area contributed by atoms with Crippen molar-refractivity contribution in [1.82, 2.24) is 14.1 Å². The number of benzene rings is 2. The van der Waals surface area contributed by atoms with Gasteiger partial charge in [0.1, 0.15) is 5.82 Å². The van der Waals surface area contributed by atoms with Crippen molar-refractivity contribution < 1.29 is 22.9 Å². The van der Waals surface area contributed by atoms with E-state index in [1.165, 1.54) is 67.2 Å². The number of non-ortho nitro benzene ring substituents is 1. The number of carbonyl (C=O) groups excluding carboxylic acids is 2. The lowest BCUT2D eigenvalue weighted by Crippen LogP contribution is -2.35. The number of sulfonamides is 1. The molecule has 11 nitrogen and oxygen atoms in total. The third-order valence-corrected chi connectivity index (χ3v) is 6.56. The van der Waals surface area contributed by atoms with E-state index < -0.39 is 27.4 Å². The fourth-order valence-corrected chi connectivity index (χ4v) is 4.14. The van der Waals surface area contributed by atoms with Crippen LogP contribution >= 0.6 is 0 Å². The van der Waals surface area contributed by atoms with E-state index in [0.717, 1.165) is 4.31 Å². The van der Waals surface area contributed by atoms with Gasteiger partial charge in [0.15, 0.2) is 5.78 Å². The number of ketones is 1. The number of likely N-dealkylation sites (N-methyl/N-ethyl adjacent to an activating group) is 1. The zero-order valence-corrected chi connectivity index (χ0v) is 18.9. The molecule has 0 aliphatic heterocycles. The van der Waals surface area contributed by atoms with Crippen LogP contribution in [0, 0.1) is 17.0 Å². The SMILES string of the molecule is CC(=O)c1ccc(S(=O)(=O)N(C)CC(=O)Nc2cc(C)nn2-c2ccc([N+](=O)[O-])cc2)cc1. The standard InChI is InChI=1S/C21H21N5O6S/c1-14-12-20(25(23-14)17-6-8-18(9-7-17)26(29)30)22-21(28)13-24(3)33(31,32)19-10-4-16(5-11-19)15(2)27/h4-12H,13H2,1-3H3,(H,22,28). The number of Topliss-reactive ketones (excluding diaryl/α,β-unsaturated/α-hetero) is 1. The van der Waals surface area contributed by atoms with Gasteiger partial charge in [-0.15, -0.1) is 0 Å². The lowest BCUT2D eigenvalue weighted by molar-refractivity contribution is -0.384. The average molecular weight is 471 g/mol. The normalized spacial score (nSPS) is 11.4. The van der Waals surface area contributed by atoms with Crippen LogP contribution in [-0.2, 0) is 14.8 Å². The molecule has 1 amide bonds. The van der Waals surface area contributed by atoms with Crippen molar-refractivity contribution >= 4 is 33.2 Å². The lowest BCUT2D eigenvalue weighted by atomic mass is 10.2. The minimum absolute atomic E-state index is 0.0467. The predicted molar refractivity (Wildman–Crippen MR) is 120 cm³/mol. The second-order valence-electron chi connectivity index (χ2n) is 7.25. The van der Waals surface area contributed by atoms with Crippen LogP contribution in [0.1, 0.15) is 23.0 Å². The molecule has 0 spiro atoms. The number of aromatic nitrogens is 2. The van der Waals surface area contributed by atoms with E-state index in [-0.39, 0.29) is 22.2 Å². The molecule has 0 atom stereocenters. The molecule has 172 valence electrons. The first-order valence-electron chi connectivity index (χ1n) is 9.67.